The van der Waals surface area contributed by atoms with E-state index in [1.54, 1.807) is 0 Å². The maximum absolute atomic E-state index is 8.31. The lowest BCUT2D eigenvalue weighted by atomic mass is 10.2. The fraction of sp³-hybridized carbons (Fsp3) is 0.667. The number of aliphatic hydroxyl groups excluding tert-OH is 1. The van der Waals surface area contributed by atoms with Gasteiger partial charge in [-0.1, -0.05) is 6.92 Å². The second-order valence-electron chi connectivity index (χ2n) is 1.69. The van der Waals surface area contributed by atoms with Gasteiger partial charge in [-0.3, -0.25) is 0 Å². The average molecular weight is 114 g/mol. The summed E-state index contributed by atoms with van der Waals surface area (Å²) in [7, 11) is 0. The highest BCUT2D eigenvalue weighted by molar-refractivity contribution is 5.82. The molecule has 0 aliphatic carbocycles. The zero-order chi connectivity index (χ0) is 6.41. The minimum Gasteiger partial charge on any atom is -0.396 e. The Morgan fingerprint density at radius 2 is 2.38 bits per heavy atom. The van der Waals surface area contributed by atoms with Gasteiger partial charge >= 0.3 is 0 Å². The monoisotopic (exact) mass is 114 g/mol. The van der Waals surface area contributed by atoms with E-state index in [1.165, 1.54) is 0 Å². The first-order chi connectivity index (χ1) is 3.81. The molecule has 0 rings (SSSR count). The Labute approximate surface area is 50.0 Å². The Hall–Kier alpha value is -0.370. The third-order valence-corrected chi connectivity index (χ3v) is 0.864. The van der Waals surface area contributed by atoms with Gasteiger partial charge in [0.25, 0.3) is 0 Å². The number of aliphatic hydroxyl groups is 1. The highest BCUT2D eigenvalue weighted by Crippen LogP contribution is 1.91. The summed E-state index contributed by atoms with van der Waals surface area (Å²) in [6.45, 7) is 2.01. The maximum atomic E-state index is 8.31. The van der Waals surface area contributed by atoms with Crippen LogP contribution in [0.3, 0.4) is 0 Å². The van der Waals surface area contributed by atoms with Crippen LogP contribution in [0.5, 0.6) is 0 Å². The summed E-state index contributed by atoms with van der Waals surface area (Å²) in [5, 5.41) is 15.4. The first-order valence-corrected chi connectivity index (χ1v) is 2.76. The number of hydrogen-bond donors (Lipinski definition) is 2. The van der Waals surface area contributed by atoms with E-state index in [-0.39, 0.29) is 6.61 Å². The Balaban J connectivity index is 3.06. The van der Waals surface area contributed by atoms with Crippen LogP contribution in [0.2, 0.25) is 0 Å². The van der Waals surface area contributed by atoms with E-state index in [9.17, 15) is 0 Å². The summed E-state index contributed by atoms with van der Waals surface area (Å²) in [5.74, 6) is 0. The molecule has 2 N–H and O–H groups in total. The van der Waals surface area contributed by atoms with Crippen molar-refractivity contribution in [1.82, 2.24) is 0 Å². The van der Waals surface area contributed by atoms with Crippen LogP contribution in [0.25, 0.3) is 0 Å². The van der Waals surface area contributed by atoms with E-state index in [0.29, 0.717) is 18.6 Å². The van der Waals surface area contributed by atoms with E-state index in [0.717, 1.165) is 0 Å². The third kappa shape index (κ3) is 3.81. The van der Waals surface area contributed by atoms with E-state index >= 15 is 0 Å². The highest BCUT2D eigenvalue weighted by atomic mass is 16.2. The molecule has 0 saturated carbocycles. The Morgan fingerprint density at radius 1 is 1.75 bits per heavy atom. The molecule has 0 bridgehead atoms. The lowest BCUT2D eigenvalue weighted by Crippen LogP contribution is -1.98. The van der Waals surface area contributed by atoms with Crippen molar-refractivity contribution in [1.29, 1.82) is 5.41 Å². The molecule has 1 radical (unpaired) electrons. The van der Waals surface area contributed by atoms with Crippen LogP contribution in [-0.4, -0.2) is 17.4 Å². The van der Waals surface area contributed by atoms with Crippen molar-refractivity contribution >= 4 is 5.71 Å². The minimum absolute atomic E-state index is 0.104. The predicted octanol–water partition coefficient (Wildman–Crippen LogP) is 1.00. The van der Waals surface area contributed by atoms with E-state index in [2.05, 4.69) is 0 Å². The standard InChI is InChI=1S/C6H12NO/c1-2-3-6(7)4-5-8/h2,7-8H,3-5H2,1H3. The lowest BCUT2D eigenvalue weighted by molar-refractivity contribution is 0.306. The molecule has 0 aromatic rings. The van der Waals surface area contributed by atoms with Gasteiger partial charge in [-0.25, -0.2) is 0 Å². The van der Waals surface area contributed by atoms with Crippen LogP contribution in [0.15, 0.2) is 0 Å². The minimum atomic E-state index is 0.104. The first kappa shape index (κ1) is 7.63. The van der Waals surface area contributed by atoms with E-state index in [4.69, 9.17) is 10.5 Å². The molecule has 8 heavy (non-hydrogen) atoms. The Bertz CT molecular complexity index is 62.9. The fourth-order valence-corrected chi connectivity index (χ4v) is 0.483. The van der Waals surface area contributed by atoms with E-state index < -0.39 is 0 Å². The van der Waals surface area contributed by atoms with Gasteiger partial charge < -0.3 is 10.5 Å². The van der Waals surface area contributed by atoms with Crippen molar-refractivity contribution in [2.45, 2.75) is 19.8 Å². The highest BCUT2D eigenvalue weighted by Gasteiger charge is 1.91. The molecule has 0 aromatic carbocycles. The number of hydrogen-bond acceptors (Lipinski definition) is 2. The molecule has 0 aliphatic rings. The van der Waals surface area contributed by atoms with Gasteiger partial charge in [0.1, 0.15) is 0 Å². The van der Waals surface area contributed by atoms with Crippen LogP contribution in [0, 0.1) is 11.8 Å². The average Bonchev–Trinajstić information content (AvgIpc) is 1.68. The molecule has 2 nitrogen and oxygen atoms in total. The summed E-state index contributed by atoms with van der Waals surface area (Å²) >= 11 is 0. The van der Waals surface area contributed by atoms with Crippen LogP contribution in [0.1, 0.15) is 19.8 Å². The van der Waals surface area contributed by atoms with Crippen molar-refractivity contribution in [3.05, 3.63) is 6.42 Å². The molecular weight excluding hydrogens is 102 g/mol. The lowest BCUT2D eigenvalue weighted by Gasteiger charge is -1.94. The van der Waals surface area contributed by atoms with Gasteiger partial charge in [0, 0.05) is 18.7 Å². The van der Waals surface area contributed by atoms with Crippen LogP contribution < -0.4 is 0 Å². The molecule has 0 spiro atoms. The topological polar surface area (TPSA) is 44.1 Å². The SMILES string of the molecule is C[CH]CC(=N)CCO. The zero-order valence-electron chi connectivity index (χ0n) is 5.15. The molecule has 0 atom stereocenters. The summed E-state index contributed by atoms with van der Waals surface area (Å²) < 4.78 is 0. The zero-order valence-corrected chi connectivity index (χ0v) is 5.15. The third-order valence-electron chi connectivity index (χ3n) is 0.864. The predicted molar refractivity (Wildman–Crippen MR) is 34.0 cm³/mol. The van der Waals surface area contributed by atoms with Crippen molar-refractivity contribution in [2.75, 3.05) is 6.61 Å². The smallest absolute Gasteiger partial charge is 0.0483 e. The normalized spacial score (nSPS) is 9.25. The molecular formula is C6H12NO. The Morgan fingerprint density at radius 3 is 2.75 bits per heavy atom. The fourth-order valence-electron chi connectivity index (χ4n) is 0.483. The van der Waals surface area contributed by atoms with E-state index in [1.807, 2.05) is 13.3 Å². The molecule has 47 valence electrons. The van der Waals surface area contributed by atoms with Gasteiger partial charge in [-0.15, -0.1) is 0 Å². The van der Waals surface area contributed by atoms with Gasteiger partial charge in [0.2, 0.25) is 0 Å². The molecule has 0 aromatic heterocycles. The van der Waals surface area contributed by atoms with Gasteiger partial charge in [-0.05, 0) is 12.8 Å². The molecule has 0 heterocycles. The van der Waals surface area contributed by atoms with Crippen LogP contribution >= 0.6 is 0 Å². The largest absolute Gasteiger partial charge is 0.396 e. The molecule has 0 unspecified atom stereocenters. The molecule has 2 heteroatoms. The number of rotatable bonds is 4. The summed E-state index contributed by atoms with van der Waals surface area (Å²) in [6.07, 6.45) is 3.14. The van der Waals surface area contributed by atoms with Gasteiger partial charge in [-0.2, -0.15) is 0 Å². The van der Waals surface area contributed by atoms with Crippen LogP contribution in [0.4, 0.5) is 0 Å². The second kappa shape index (κ2) is 4.78. The summed E-state index contributed by atoms with van der Waals surface area (Å²) in [5.41, 5.74) is 0.606. The van der Waals surface area contributed by atoms with Gasteiger partial charge in [0.05, 0.1) is 0 Å². The first-order valence-electron chi connectivity index (χ1n) is 2.76. The van der Waals surface area contributed by atoms with Crippen LogP contribution in [-0.2, 0) is 0 Å². The molecule has 0 saturated heterocycles. The van der Waals surface area contributed by atoms with Crippen molar-refractivity contribution in [3.63, 3.8) is 0 Å². The van der Waals surface area contributed by atoms with Crippen molar-refractivity contribution < 1.29 is 5.11 Å². The summed E-state index contributed by atoms with van der Waals surface area (Å²) in [4.78, 5) is 0. The maximum Gasteiger partial charge on any atom is 0.0483 e. The van der Waals surface area contributed by atoms with Crippen molar-refractivity contribution in [2.24, 2.45) is 0 Å². The summed E-state index contributed by atoms with van der Waals surface area (Å²) in [6, 6.07) is 0. The molecule has 0 fully saturated rings. The molecule has 0 amide bonds. The number of nitrogens with one attached hydrogen (secondary N) is 1. The van der Waals surface area contributed by atoms with Gasteiger partial charge in [0.15, 0.2) is 0 Å². The second-order valence-corrected chi connectivity index (χ2v) is 1.69. The van der Waals surface area contributed by atoms with Crippen molar-refractivity contribution in [3.8, 4) is 0 Å². The quantitative estimate of drug-likeness (QED) is 0.526. The Kier molecular flexibility index (Phi) is 4.56. The molecule has 0 aliphatic heterocycles.